The van der Waals surface area contributed by atoms with Gasteiger partial charge in [-0.25, -0.2) is 4.98 Å². The van der Waals surface area contributed by atoms with Gasteiger partial charge in [-0.2, -0.15) is 0 Å². The van der Waals surface area contributed by atoms with Crippen molar-refractivity contribution in [1.29, 1.82) is 0 Å². The first-order valence-electron chi connectivity index (χ1n) is 5.59. The van der Waals surface area contributed by atoms with Gasteiger partial charge < -0.3 is 15.5 Å². The van der Waals surface area contributed by atoms with Crippen LogP contribution in [-0.2, 0) is 17.9 Å². The number of fused-ring (bicyclic) bond motifs is 1. The number of H-pyrrole nitrogens is 1. The molecule has 0 spiro atoms. The molecule has 0 saturated carbocycles. The first-order chi connectivity index (χ1) is 7.83. The van der Waals surface area contributed by atoms with Gasteiger partial charge in [0, 0.05) is 13.2 Å². The van der Waals surface area contributed by atoms with E-state index >= 15 is 0 Å². The number of nitrogens with zero attached hydrogens (tertiary/aromatic N) is 1. The van der Waals surface area contributed by atoms with Gasteiger partial charge in [0.2, 0.25) is 0 Å². The van der Waals surface area contributed by atoms with E-state index in [4.69, 9.17) is 10.5 Å². The van der Waals surface area contributed by atoms with E-state index in [9.17, 15) is 0 Å². The van der Waals surface area contributed by atoms with Crippen molar-refractivity contribution in [3.05, 3.63) is 29.6 Å². The fourth-order valence-electron chi connectivity index (χ4n) is 1.62. The SMILES string of the molecule is CCCOCc1nc2ccc(CN)cc2[nH]1. The summed E-state index contributed by atoms with van der Waals surface area (Å²) < 4.78 is 5.44. The molecule has 3 N–H and O–H groups in total. The Morgan fingerprint density at radius 2 is 2.31 bits per heavy atom. The highest BCUT2D eigenvalue weighted by Gasteiger charge is 2.03. The van der Waals surface area contributed by atoms with Gasteiger partial charge in [0.25, 0.3) is 0 Å². The van der Waals surface area contributed by atoms with Gasteiger partial charge in [-0.15, -0.1) is 0 Å². The van der Waals surface area contributed by atoms with Gasteiger partial charge in [-0.3, -0.25) is 0 Å². The molecule has 2 aromatic rings. The monoisotopic (exact) mass is 219 g/mol. The van der Waals surface area contributed by atoms with Crippen LogP contribution in [0.1, 0.15) is 24.7 Å². The molecule has 4 nitrogen and oxygen atoms in total. The number of rotatable bonds is 5. The molecule has 86 valence electrons. The van der Waals surface area contributed by atoms with Crippen LogP contribution in [0.15, 0.2) is 18.2 Å². The molecular formula is C12H17N3O. The van der Waals surface area contributed by atoms with Crippen molar-refractivity contribution in [2.24, 2.45) is 5.73 Å². The van der Waals surface area contributed by atoms with Gasteiger partial charge in [-0.1, -0.05) is 13.0 Å². The van der Waals surface area contributed by atoms with Crippen LogP contribution in [0.4, 0.5) is 0 Å². The van der Waals surface area contributed by atoms with Crippen molar-refractivity contribution in [2.45, 2.75) is 26.5 Å². The second kappa shape index (κ2) is 5.09. The Hall–Kier alpha value is -1.39. The number of hydrogen-bond acceptors (Lipinski definition) is 3. The Labute approximate surface area is 94.8 Å². The van der Waals surface area contributed by atoms with Crippen LogP contribution in [0.3, 0.4) is 0 Å². The molecule has 1 heterocycles. The Kier molecular flexibility index (Phi) is 3.54. The lowest BCUT2D eigenvalue weighted by Crippen LogP contribution is -1.95. The molecule has 0 aliphatic carbocycles. The highest BCUT2D eigenvalue weighted by molar-refractivity contribution is 5.75. The summed E-state index contributed by atoms with van der Waals surface area (Å²) >= 11 is 0. The minimum absolute atomic E-state index is 0.542. The van der Waals surface area contributed by atoms with Crippen molar-refractivity contribution in [3.63, 3.8) is 0 Å². The Bertz CT molecular complexity index is 464. The number of nitrogens with one attached hydrogen (secondary N) is 1. The standard InChI is InChI=1S/C12H17N3O/c1-2-5-16-8-12-14-10-4-3-9(7-13)6-11(10)15-12/h3-4,6H,2,5,7-8,13H2,1H3,(H,14,15). The maximum Gasteiger partial charge on any atom is 0.133 e. The number of benzene rings is 1. The molecule has 0 saturated heterocycles. The average molecular weight is 219 g/mol. The summed E-state index contributed by atoms with van der Waals surface area (Å²) in [4.78, 5) is 7.68. The molecule has 0 aliphatic rings. The minimum Gasteiger partial charge on any atom is -0.374 e. The van der Waals surface area contributed by atoms with Crippen LogP contribution in [0.2, 0.25) is 0 Å². The first-order valence-corrected chi connectivity index (χ1v) is 5.59. The molecule has 0 atom stereocenters. The molecule has 2 rings (SSSR count). The van der Waals surface area contributed by atoms with Crippen LogP contribution in [0, 0.1) is 0 Å². The zero-order valence-corrected chi connectivity index (χ0v) is 9.49. The molecule has 0 amide bonds. The minimum atomic E-state index is 0.542. The average Bonchev–Trinajstić information content (AvgIpc) is 2.70. The summed E-state index contributed by atoms with van der Waals surface area (Å²) in [5.41, 5.74) is 8.69. The van der Waals surface area contributed by atoms with Crippen LogP contribution in [0.25, 0.3) is 11.0 Å². The topological polar surface area (TPSA) is 63.9 Å². The lowest BCUT2D eigenvalue weighted by atomic mass is 10.2. The highest BCUT2D eigenvalue weighted by atomic mass is 16.5. The van der Waals surface area contributed by atoms with E-state index in [0.29, 0.717) is 13.2 Å². The van der Waals surface area contributed by atoms with Gasteiger partial charge in [-0.05, 0) is 24.1 Å². The molecule has 4 heteroatoms. The van der Waals surface area contributed by atoms with Crippen LogP contribution in [-0.4, -0.2) is 16.6 Å². The van der Waals surface area contributed by atoms with Gasteiger partial charge in [0.15, 0.2) is 0 Å². The summed E-state index contributed by atoms with van der Waals surface area (Å²) in [5, 5.41) is 0. The first kappa shape index (κ1) is 11.1. The maximum atomic E-state index is 5.59. The smallest absolute Gasteiger partial charge is 0.133 e. The van der Waals surface area contributed by atoms with Gasteiger partial charge in [0.05, 0.1) is 11.0 Å². The third-order valence-corrected chi connectivity index (χ3v) is 2.42. The fourth-order valence-corrected chi connectivity index (χ4v) is 1.62. The number of ether oxygens (including phenoxy) is 1. The molecule has 0 radical (unpaired) electrons. The van der Waals surface area contributed by atoms with Crippen molar-refractivity contribution < 1.29 is 4.74 Å². The lowest BCUT2D eigenvalue weighted by molar-refractivity contribution is 0.117. The number of nitrogens with two attached hydrogens (primary N) is 1. The third kappa shape index (κ3) is 2.40. The second-order valence-electron chi connectivity index (χ2n) is 3.79. The predicted octanol–water partition coefficient (Wildman–Crippen LogP) is 1.95. The number of imidazole rings is 1. The van der Waals surface area contributed by atoms with E-state index in [0.717, 1.165) is 35.4 Å². The Morgan fingerprint density at radius 1 is 1.44 bits per heavy atom. The summed E-state index contributed by atoms with van der Waals surface area (Å²) in [6.07, 6.45) is 1.03. The molecular weight excluding hydrogens is 202 g/mol. The van der Waals surface area contributed by atoms with Crippen LogP contribution < -0.4 is 5.73 Å². The van der Waals surface area contributed by atoms with E-state index in [1.165, 1.54) is 0 Å². The molecule has 1 aromatic heterocycles. The summed E-state index contributed by atoms with van der Waals surface area (Å²) in [7, 11) is 0. The van der Waals surface area contributed by atoms with Gasteiger partial charge >= 0.3 is 0 Å². The largest absolute Gasteiger partial charge is 0.374 e. The zero-order chi connectivity index (χ0) is 11.4. The molecule has 0 bridgehead atoms. The van der Waals surface area contributed by atoms with E-state index < -0.39 is 0 Å². The number of aromatic amines is 1. The van der Waals surface area contributed by atoms with Gasteiger partial charge in [0.1, 0.15) is 12.4 Å². The van der Waals surface area contributed by atoms with Crippen molar-refractivity contribution in [2.75, 3.05) is 6.61 Å². The molecule has 0 fully saturated rings. The zero-order valence-electron chi connectivity index (χ0n) is 9.49. The third-order valence-electron chi connectivity index (χ3n) is 2.42. The second-order valence-corrected chi connectivity index (χ2v) is 3.79. The fraction of sp³-hybridized carbons (Fsp3) is 0.417. The van der Waals surface area contributed by atoms with E-state index in [1.54, 1.807) is 0 Å². The molecule has 16 heavy (non-hydrogen) atoms. The molecule has 0 unspecified atom stereocenters. The number of hydrogen-bond donors (Lipinski definition) is 2. The quantitative estimate of drug-likeness (QED) is 0.755. The molecule has 1 aromatic carbocycles. The highest BCUT2D eigenvalue weighted by Crippen LogP contribution is 2.14. The molecule has 0 aliphatic heterocycles. The summed E-state index contributed by atoms with van der Waals surface area (Å²) in [5.74, 6) is 0.873. The normalized spacial score (nSPS) is 11.1. The maximum absolute atomic E-state index is 5.59. The van der Waals surface area contributed by atoms with E-state index in [1.807, 2.05) is 18.2 Å². The lowest BCUT2D eigenvalue weighted by Gasteiger charge is -1.97. The van der Waals surface area contributed by atoms with Crippen molar-refractivity contribution >= 4 is 11.0 Å². The number of aromatic nitrogens is 2. The Balaban J connectivity index is 2.16. The summed E-state index contributed by atoms with van der Waals surface area (Å²) in [6.45, 7) is 3.95. The predicted molar refractivity (Wildman–Crippen MR) is 63.9 cm³/mol. The Morgan fingerprint density at radius 3 is 3.06 bits per heavy atom. The van der Waals surface area contributed by atoms with Crippen LogP contribution in [0.5, 0.6) is 0 Å². The summed E-state index contributed by atoms with van der Waals surface area (Å²) in [6, 6.07) is 6.02. The van der Waals surface area contributed by atoms with E-state index in [2.05, 4.69) is 16.9 Å². The van der Waals surface area contributed by atoms with Crippen molar-refractivity contribution in [1.82, 2.24) is 9.97 Å². The van der Waals surface area contributed by atoms with E-state index in [-0.39, 0.29) is 0 Å². The van der Waals surface area contributed by atoms with Crippen LogP contribution >= 0.6 is 0 Å². The van der Waals surface area contributed by atoms with Crippen molar-refractivity contribution in [3.8, 4) is 0 Å².